The zero-order valence-electron chi connectivity index (χ0n) is 9.47. The van der Waals surface area contributed by atoms with Gasteiger partial charge in [0, 0.05) is 0 Å². The maximum Gasteiger partial charge on any atom is -0.00180 e. The number of piperidine rings is 1. The normalized spacial score (nSPS) is 29.5. The molecule has 1 saturated heterocycles. The average molecular weight is 183 g/mol. The van der Waals surface area contributed by atoms with Crippen molar-refractivity contribution in [1.82, 2.24) is 5.32 Å². The van der Waals surface area contributed by atoms with E-state index in [1.165, 1.54) is 38.8 Å². The summed E-state index contributed by atoms with van der Waals surface area (Å²) in [7, 11) is 0. The molecule has 1 rings (SSSR count). The number of nitrogens with one attached hydrogen (secondary N) is 1. The van der Waals surface area contributed by atoms with Crippen LogP contribution < -0.4 is 5.32 Å². The average Bonchev–Trinajstić information content (AvgIpc) is 2.08. The van der Waals surface area contributed by atoms with Crippen LogP contribution in [-0.4, -0.2) is 13.1 Å². The third-order valence-electron chi connectivity index (χ3n) is 3.34. The van der Waals surface area contributed by atoms with E-state index in [-0.39, 0.29) is 0 Å². The SMILES string of the molecule is CC(C)CCCC1CNCCC1C. The van der Waals surface area contributed by atoms with E-state index < -0.39 is 0 Å². The van der Waals surface area contributed by atoms with Crippen LogP contribution in [0.5, 0.6) is 0 Å². The van der Waals surface area contributed by atoms with Gasteiger partial charge in [0.25, 0.3) is 0 Å². The summed E-state index contributed by atoms with van der Waals surface area (Å²) in [5, 5.41) is 3.50. The van der Waals surface area contributed by atoms with E-state index in [4.69, 9.17) is 0 Å². The predicted molar refractivity (Wildman–Crippen MR) is 58.8 cm³/mol. The lowest BCUT2D eigenvalue weighted by molar-refractivity contribution is 0.250. The van der Waals surface area contributed by atoms with Crippen molar-refractivity contribution in [1.29, 1.82) is 0 Å². The Morgan fingerprint density at radius 1 is 1.38 bits per heavy atom. The van der Waals surface area contributed by atoms with E-state index in [1.807, 2.05) is 0 Å². The monoisotopic (exact) mass is 183 g/mol. The summed E-state index contributed by atoms with van der Waals surface area (Å²) in [5.74, 6) is 2.78. The van der Waals surface area contributed by atoms with Crippen molar-refractivity contribution in [2.75, 3.05) is 13.1 Å². The van der Waals surface area contributed by atoms with Gasteiger partial charge in [-0.3, -0.25) is 0 Å². The van der Waals surface area contributed by atoms with Crippen LogP contribution in [-0.2, 0) is 0 Å². The Bertz CT molecular complexity index is 131. The van der Waals surface area contributed by atoms with Gasteiger partial charge in [-0.25, -0.2) is 0 Å². The van der Waals surface area contributed by atoms with E-state index in [1.54, 1.807) is 0 Å². The van der Waals surface area contributed by atoms with Gasteiger partial charge in [-0.2, -0.15) is 0 Å². The lowest BCUT2D eigenvalue weighted by Crippen LogP contribution is -2.35. The molecule has 2 unspecified atom stereocenters. The fourth-order valence-corrected chi connectivity index (χ4v) is 2.23. The zero-order chi connectivity index (χ0) is 9.68. The fourth-order valence-electron chi connectivity index (χ4n) is 2.23. The maximum absolute atomic E-state index is 3.50. The molecule has 13 heavy (non-hydrogen) atoms. The van der Waals surface area contributed by atoms with Gasteiger partial charge in [0.2, 0.25) is 0 Å². The molecule has 1 aliphatic rings. The van der Waals surface area contributed by atoms with Gasteiger partial charge in [-0.1, -0.05) is 33.6 Å². The van der Waals surface area contributed by atoms with Gasteiger partial charge < -0.3 is 5.32 Å². The topological polar surface area (TPSA) is 12.0 Å². The van der Waals surface area contributed by atoms with Crippen molar-refractivity contribution in [2.24, 2.45) is 17.8 Å². The Morgan fingerprint density at radius 2 is 2.15 bits per heavy atom. The van der Waals surface area contributed by atoms with Crippen LogP contribution in [0.2, 0.25) is 0 Å². The molecule has 78 valence electrons. The molecular weight excluding hydrogens is 158 g/mol. The van der Waals surface area contributed by atoms with E-state index in [0.717, 1.165) is 17.8 Å². The lowest BCUT2D eigenvalue weighted by atomic mass is 9.84. The molecule has 1 heterocycles. The van der Waals surface area contributed by atoms with Crippen LogP contribution in [0.25, 0.3) is 0 Å². The van der Waals surface area contributed by atoms with E-state index in [2.05, 4.69) is 26.1 Å². The van der Waals surface area contributed by atoms with Gasteiger partial charge in [0.15, 0.2) is 0 Å². The second kappa shape index (κ2) is 5.64. The lowest BCUT2D eigenvalue weighted by Gasteiger charge is -2.29. The largest absolute Gasteiger partial charge is 0.316 e. The summed E-state index contributed by atoms with van der Waals surface area (Å²) >= 11 is 0. The molecule has 0 aliphatic carbocycles. The molecule has 0 spiro atoms. The minimum Gasteiger partial charge on any atom is -0.316 e. The second-order valence-electron chi connectivity index (χ2n) is 5.05. The van der Waals surface area contributed by atoms with E-state index in [0.29, 0.717) is 0 Å². The van der Waals surface area contributed by atoms with Crippen LogP contribution in [0.3, 0.4) is 0 Å². The van der Waals surface area contributed by atoms with Crippen molar-refractivity contribution in [3.05, 3.63) is 0 Å². The van der Waals surface area contributed by atoms with Crippen LogP contribution in [0.4, 0.5) is 0 Å². The quantitative estimate of drug-likeness (QED) is 0.706. The number of rotatable bonds is 4. The summed E-state index contributed by atoms with van der Waals surface area (Å²) in [4.78, 5) is 0. The highest BCUT2D eigenvalue weighted by molar-refractivity contribution is 4.75. The van der Waals surface area contributed by atoms with Gasteiger partial charge in [0.05, 0.1) is 0 Å². The Morgan fingerprint density at radius 3 is 2.77 bits per heavy atom. The minimum absolute atomic E-state index is 0.881. The predicted octanol–water partition coefficient (Wildman–Crippen LogP) is 3.06. The van der Waals surface area contributed by atoms with Crippen LogP contribution in [0.1, 0.15) is 46.5 Å². The third kappa shape index (κ3) is 4.12. The van der Waals surface area contributed by atoms with E-state index in [9.17, 15) is 0 Å². The van der Waals surface area contributed by atoms with Gasteiger partial charge in [-0.05, 0) is 43.7 Å². The molecule has 0 bridgehead atoms. The van der Waals surface area contributed by atoms with Crippen molar-refractivity contribution >= 4 is 0 Å². The second-order valence-corrected chi connectivity index (χ2v) is 5.05. The Kier molecular flexibility index (Phi) is 4.79. The van der Waals surface area contributed by atoms with Crippen LogP contribution in [0, 0.1) is 17.8 Å². The summed E-state index contributed by atoms with van der Waals surface area (Å²) < 4.78 is 0. The summed E-state index contributed by atoms with van der Waals surface area (Å²) in [6, 6.07) is 0. The molecule has 0 aromatic carbocycles. The van der Waals surface area contributed by atoms with Gasteiger partial charge in [-0.15, -0.1) is 0 Å². The standard InChI is InChI=1S/C12H25N/c1-10(2)5-4-6-12-9-13-8-7-11(12)3/h10-13H,4-9H2,1-3H3. The molecule has 1 N–H and O–H groups in total. The summed E-state index contributed by atoms with van der Waals surface area (Å²) in [6.07, 6.45) is 5.65. The zero-order valence-corrected chi connectivity index (χ0v) is 9.47. The smallest absolute Gasteiger partial charge is 0.00180 e. The first-order valence-corrected chi connectivity index (χ1v) is 5.91. The first-order chi connectivity index (χ1) is 6.20. The molecule has 0 aromatic heterocycles. The first kappa shape index (κ1) is 11.0. The minimum atomic E-state index is 0.881. The van der Waals surface area contributed by atoms with Crippen molar-refractivity contribution in [3.63, 3.8) is 0 Å². The molecule has 0 saturated carbocycles. The molecular formula is C12H25N. The van der Waals surface area contributed by atoms with Gasteiger partial charge >= 0.3 is 0 Å². The van der Waals surface area contributed by atoms with E-state index >= 15 is 0 Å². The summed E-state index contributed by atoms with van der Waals surface area (Å²) in [5.41, 5.74) is 0. The highest BCUT2D eigenvalue weighted by Crippen LogP contribution is 2.24. The van der Waals surface area contributed by atoms with Crippen molar-refractivity contribution < 1.29 is 0 Å². The van der Waals surface area contributed by atoms with Crippen molar-refractivity contribution in [3.8, 4) is 0 Å². The third-order valence-corrected chi connectivity index (χ3v) is 3.34. The molecule has 1 aliphatic heterocycles. The molecule has 1 nitrogen and oxygen atoms in total. The maximum atomic E-state index is 3.50. The van der Waals surface area contributed by atoms with Crippen molar-refractivity contribution in [2.45, 2.75) is 46.5 Å². The molecule has 0 radical (unpaired) electrons. The Balaban J connectivity index is 2.11. The molecule has 0 amide bonds. The fraction of sp³-hybridized carbons (Fsp3) is 1.00. The molecule has 1 fully saturated rings. The summed E-state index contributed by atoms with van der Waals surface area (Å²) in [6.45, 7) is 9.56. The number of hydrogen-bond donors (Lipinski definition) is 1. The molecule has 0 aromatic rings. The highest BCUT2D eigenvalue weighted by Gasteiger charge is 2.20. The highest BCUT2D eigenvalue weighted by atomic mass is 14.9. The molecule has 1 heteroatoms. The van der Waals surface area contributed by atoms with Gasteiger partial charge in [0.1, 0.15) is 0 Å². The van der Waals surface area contributed by atoms with Crippen LogP contribution in [0.15, 0.2) is 0 Å². The Hall–Kier alpha value is -0.0400. The molecule has 2 atom stereocenters. The van der Waals surface area contributed by atoms with Crippen LogP contribution >= 0.6 is 0 Å². The Labute approximate surface area is 83.3 Å². The number of hydrogen-bond acceptors (Lipinski definition) is 1. The first-order valence-electron chi connectivity index (χ1n) is 5.91.